The minimum Gasteiger partial charge on any atom is -0.657 e. The number of hydrogen-bond donors (Lipinski definition) is 0. The van der Waals surface area contributed by atoms with Crippen molar-refractivity contribution in [3.8, 4) is 22.3 Å². The average molecular weight is 1070 g/mol. The minimum atomic E-state index is -2.74. The van der Waals surface area contributed by atoms with Crippen LogP contribution in [0, 0.1) is 6.67 Å². The van der Waals surface area contributed by atoms with Crippen molar-refractivity contribution >= 4 is 67.8 Å². The normalized spacial score (nSPS) is 12.3. The van der Waals surface area contributed by atoms with Gasteiger partial charge in [0.05, 0.1) is 0 Å². The SMILES string of the molecule is [Au].c1ccc(C2=NN(c3cccc([Si](c4ccccc4)(c4ccccc4)c4ccccc4)c3)[CH-]N2c2cc(-c3ccccc3)cc(-c3ccccc3)c2)cc1.c1ccc2c(c1)[n-]c1ccccc12. The molecule has 1 aliphatic rings. The Bertz CT molecular complexity index is 3230. The maximum atomic E-state index is 5.37. The third kappa shape index (κ3) is 8.68. The van der Waals surface area contributed by atoms with Crippen LogP contribution in [-0.4, -0.2) is 13.9 Å². The molecule has 331 valence electrons. The summed E-state index contributed by atoms with van der Waals surface area (Å²) in [7, 11) is -2.74. The van der Waals surface area contributed by atoms with Gasteiger partial charge in [0.15, 0.2) is 8.07 Å². The van der Waals surface area contributed by atoms with Crippen molar-refractivity contribution in [1.82, 2.24) is 4.98 Å². The molecule has 4 nitrogen and oxygen atoms in total. The Morgan fingerprint density at radius 2 is 0.735 bits per heavy atom. The number of para-hydroxylation sites is 2. The number of benzene rings is 10. The zero-order valence-electron chi connectivity index (χ0n) is 37.1. The molecule has 0 amide bonds. The zero-order valence-corrected chi connectivity index (χ0v) is 40.3. The van der Waals surface area contributed by atoms with Crippen LogP contribution in [0.5, 0.6) is 0 Å². The second kappa shape index (κ2) is 20.0. The molecule has 0 aliphatic carbocycles. The first kappa shape index (κ1) is 44.1. The predicted octanol–water partition coefficient (Wildman–Crippen LogP) is 12.2. The molecule has 1 aromatic heterocycles. The molecule has 0 saturated carbocycles. The molecule has 0 spiro atoms. The number of rotatable bonds is 9. The third-order valence-corrected chi connectivity index (χ3v) is 17.4. The van der Waals surface area contributed by atoms with Crippen LogP contribution in [0.4, 0.5) is 11.4 Å². The van der Waals surface area contributed by atoms with Gasteiger partial charge < -0.3 is 14.9 Å². The van der Waals surface area contributed by atoms with Gasteiger partial charge in [0.1, 0.15) is 5.84 Å². The monoisotopic (exact) mass is 1070 g/mol. The topological polar surface area (TPSA) is 32.9 Å². The fourth-order valence-electron chi connectivity index (χ4n) is 9.46. The summed E-state index contributed by atoms with van der Waals surface area (Å²) >= 11 is 0. The van der Waals surface area contributed by atoms with Crippen LogP contribution >= 0.6 is 0 Å². The Morgan fingerprint density at radius 1 is 0.338 bits per heavy atom. The standard InChI is InChI=1S/C50H38N3Si.C12H8N.Au/c1-7-20-39(21-8-1)42-34-43(40-22-9-2-10-23-40)36-45(35-42)52-38-53(51-50(52)41-24-11-3-12-25-41)44-26-19-33-49(37-44)54(46-27-13-4-14-28-46,47-29-15-5-16-30-47)48-31-17-6-18-32-48;1-3-7-11-9(5-1)10-6-2-4-8-12(10)13-11;/h1-38H;1-8H;/q2*-1;. The van der Waals surface area contributed by atoms with Crippen LogP contribution in [0.2, 0.25) is 0 Å². The van der Waals surface area contributed by atoms with Gasteiger partial charge in [-0.1, -0.05) is 243 Å². The fraction of sp³-hybridized carbons (Fsp3) is 0. The fourth-order valence-corrected chi connectivity index (χ4v) is 14.2. The van der Waals surface area contributed by atoms with E-state index in [1.807, 2.05) is 17.1 Å². The van der Waals surface area contributed by atoms with E-state index in [4.69, 9.17) is 5.10 Å². The van der Waals surface area contributed by atoms with E-state index in [0.29, 0.717) is 0 Å². The number of aromatic nitrogens is 1. The molecule has 0 N–H and O–H groups in total. The quantitative estimate of drug-likeness (QED) is 0.0820. The van der Waals surface area contributed by atoms with Crippen molar-refractivity contribution in [3.63, 3.8) is 0 Å². The van der Waals surface area contributed by atoms with Gasteiger partial charge in [0.25, 0.3) is 0 Å². The van der Waals surface area contributed by atoms with Gasteiger partial charge in [0.2, 0.25) is 0 Å². The first-order valence-corrected chi connectivity index (χ1v) is 24.7. The van der Waals surface area contributed by atoms with E-state index in [0.717, 1.165) is 44.9 Å². The smallest absolute Gasteiger partial charge is 0.179 e. The van der Waals surface area contributed by atoms with Crippen molar-refractivity contribution in [1.29, 1.82) is 0 Å². The molecule has 12 rings (SSSR count). The molecule has 11 aromatic rings. The molecule has 1 aliphatic heterocycles. The molecule has 6 heteroatoms. The molecule has 10 aromatic carbocycles. The maximum Gasteiger partial charge on any atom is 0.179 e. The molecule has 0 unspecified atom stereocenters. The van der Waals surface area contributed by atoms with Crippen LogP contribution in [0.1, 0.15) is 5.56 Å². The molecular formula is C62H46AuN4Si-2. The predicted molar refractivity (Wildman–Crippen MR) is 284 cm³/mol. The van der Waals surface area contributed by atoms with E-state index >= 15 is 0 Å². The Labute approximate surface area is 415 Å². The van der Waals surface area contributed by atoms with E-state index in [2.05, 4.69) is 277 Å². The van der Waals surface area contributed by atoms with Gasteiger partial charge in [-0.3, -0.25) is 0 Å². The van der Waals surface area contributed by atoms with Gasteiger partial charge in [0, 0.05) is 39.3 Å². The molecule has 0 saturated heterocycles. The first-order valence-electron chi connectivity index (χ1n) is 22.7. The van der Waals surface area contributed by atoms with Gasteiger partial charge in [-0.25, -0.2) is 0 Å². The third-order valence-electron chi connectivity index (χ3n) is 12.6. The van der Waals surface area contributed by atoms with Crippen molar-refractivity contribution in [2.75, 3.05) is 9.91 Å². The molecule has 68 heavy (non-hydrogen) atoms. The van der Waals surface area contributed by atoms with Gasteiger partial charge in [-0.05, 0) is 84.1 Å². The summed E-state index contributed by atoms with van der Waals surface area (Å²) in [4.78, 5) is 6.75. The molecule has 0 bridgehead atoms. The van der Waals surface area contributed by atoms with Crippen LogP contribution in [-0.2, 0) is 22.4 Å². The van der Waals surface area contributed by atoms with Crippen molar-refractivity contribution in [3.05, 3.63) is 285 Å². The van der Waals surface area contributed by atoms with Crippen LogP contribution in [0.25, 0.3) is 44.1 Å². The van der Waals surface area contributed by atoms with Crippen molar-refractivity contribution in [2.24, 2.45) is 5.10 Å². The van der Waals surface area contributed by atoms with E-state index in [1.165, 1.54) is 42.6 Å². The summed E-state index contributed by atoms with van der Waals surface area (Å²) in [6.07, 6.45) is 0. The van der Waals surface area contributed by atoms with E-state index in [9.17, 15) is 0 Å². The van der Waals surface area contributed by atoms with Gasteiger partial charge in [-0.2, -0.15) is 5.10 Å². The van der Waals surface area contributed by atoms with Gasteiger partial charge in [-0.15, -0.1) is 17.7 Å². The molecular weight excluding hydrogens is 1030 g/mol. The minimum absolute atomic E-state index is 0. The van der Waals surface area contributed by atoms with Crippen LogP contribution in [0.15, 0.2) is 278 Å². The largest absolute Gasteiger partial charge is 0.657 e. The summed E-state index contributed by atoms with van der Waals surface area (Å²) in [6.45, 7) is 2.14. The second-order valence-corrected chi connectivity index (χ2v) is 20.5. The average Bonchev–Trinajstić information content (AvgIpc) is 4.04. The molecule has 0 atom stereocenters. The van der Waals surface area contributed by atoms with E-state index < -0.39 is 8.07 Å². The maximum absolute atomic E-state index is 5.37. The molecule has 2 heterocycles. The van der Waals surface area contributed by atoms with Crippen molar-refractivity contribution < 1.29 is 22.4 Å². The Kier molecular flexibility index (Phi) is 13.0. The van der Waals surface area contributed by atoms with E-state index in [1.54, 1.807) is 0 Å². The number of hydrogen-bond acceptors (Lipinski definition) is 3. The zero-order chi connectivity index (χ0) is 44.8. The summed E-state index contributed by atoms with van der Waals surface area (Å²) < 4.78 is 0. The van der Waals surface area contributed by atoms with Gasteiger partial charge >= 0.3 is 0 Å². The second-order valence-electron chi connectivity index (χ2n) is 16.7. The number of amidine groups is 1. The van der Waals surface area contributed by atoms with Crippen molar-refractivity contribution in [2.45, 2.75) is 0 Å². The Hall–Kier alpha value is -7.77. The molecule has 1 radical (unpaired) electrons. The Morgan fingerprint density at radius 3 is 1.21 bits per heavy atom. The Balaban J connectivity index is 0.000000329. The number of fused-ring (bicyclic) bond motifs is 3. The number of anilines is 2. The number of hydrazone groups is 1. The summed E-state index contributed by atoms with van der Waals surface area (Å²) in [5.41, 5.74) is 9.90. The summed E-state index contributed by atoms with van der Waals surface area (Å²) in [5.74, 6) is 0.864. The number of nitrogens with zero attached hydrogens (tertiary/aromatic N) is 4. The summed E-state index contributed by atoms with van der Waals surface area (Å²) in [5, 5.41) is 15.2. The van der Waals surface area contributed by atoms with Crippen LogP contribution in [0.3, 0.4) is 0 Å². The van der Waals surface area contributed by atoms with E-state index in [-0.39, 0.29) is 22.4 Å². The van der Waals surface area contributed by atoms with Crippen LogP contribution < -0.4 is 35.6 Å². The summed E-state index contributed by atoms with van der Waals surface area (Å²) in [6, 6.07) is 97.2. The first-order chi connectivity index (χ1) is 33.2. The molecule has 0 fully saturated rings.